The Bertz CT molecular complexity index is 3660. The second-order valence-corrected chi connectivity index (χ2v) is 41.0. The van der Waals surface area contributed by atoms with Gasteiger partial charge >= 0.3 is 0 Å². The molecule has 0 aromatic carbocycles. The van der Waals surface area contributed by atoms with Crippen molar-refractivity contribution in [2.45, 2.75) is 459 Å². The smallest absolute Gasteiger partial charge is 0.187 e. The molecular formula is C93H158O43-2. The Kier molecular flexibility index (Phi) is 39.1. The van der Waals surface area contributed by atoms with Gasteiger partial charge in [-0.05, 0) is 87.4 Å². The number of carbonyl (C=O) groups excluding carboxylic acids is 2. The molecule has 0 aromatic rings. The lowest BCUT2D eigenvalue weighted by atomic mass is 9.80. The highest BCUT2D eigenvalue weighted by Crippen LogP contribution is 2.55. The van der Waals surface area contributed by atoms with E-state index in [1.165, 1.54) is 6.92 Å². The van der Waals surface area contributed by atoms with E-state index in [0.29, 0.717) is 25.7 Å². The molecule has 136 heavy (non-hydrogen) atoms. The normalized spacial score (nSPS) is 52.5. The van der Waals surface area contributed by atoms with Crippen LogP contribution in [0.15, 0.2) is 0 Å². The molecule has 43 heteroatoms. The third-order valence-corrected chi connectivity index (χ3v) is 32.5. The largest absolute Gasteiger partial charge is 0.550 e. The van der Waals surface area contributed by atoms with Crippen molar-refractivity contribution >= 4 is 11.9 Å². The molecule has 0 radical (unpaired) electrons. The monoisotopic (exact) mass is 1960 g/mol. The highest BCUT2D eigenvalue weighted by atomic mass is 16.8. The molecule has 790 valence electrons. The number of carboxylic acids is 2. The fraction of sp³-hybridized carbons (Fsp3) is 0.978. The van der Waals surface area contributed by atoms with Crippen LogP contribution in [0.25, 0.3) is 0 Å². The number of aliphatic hydroxyl groups excluding tert-OH is 16. The fourth-order valence-corrected chi connectivity index (χ4v) is 22.1. The van der Waals surface area contributed by atoms with Crippen LogP contribution in [0.5, 0.6) is 0 Å². The van der Waals surface area contributed by atoms with Crippen LogP contribution in [-0.2, 0) is 114 Å². The van der Waals surface area contributed by atoms with E-state index in [0.717, 1.165) is 0 Å². The van der Waals surface area contributed by atoms with Crippen molar-refractivity contribution in [3.05, 3.63) is 0 Å². The number of ether oxygens (including phenoxy) is 22. The fourth-order valence-electron chi connectivity index (χ4n) is 22.1. The molecule has 43 nitrogen and oxygen atoms in total. The van der Waals surface area contributed by atoms with Crippen molar-refractivity contribution in [1.82, 2.24) is 0 Å². The van der Waals surface area contributed by atoms with Gasteiger partial charge in [-0.25, -0.2) is 0 Å². The van der Waals surface area contributed by atoms with Gasteiger partial charge in [0.1, 0.15) is 128 Å². The first-order valence-corrected chi connectivity index (χ1v) is 49.3. The maximum Gasteiger partial charge on any atom is 0.187 e. The summed E-state index contributed by atoms with van der Waals surface area (Å²) in [7, 11) is 0. The molecule has 1 saturated carbocycles. The predicted molar refractivity (Wildman–Crippen MR) is 459 cm³/mol. The van der Waals surface area contributed by atoms with Crippen molar-refractivity contribution < 1.29 is 211 Å². The first-order chi connectivity index (χ1) is 64.3. The van der Waals surface area contributed by atoms with E-state index >= 15 is 0 Å². The van der Waals surface area contributed by atoms with Gasteiger partial charge in [0.05, 0.1) is 130 Å². The molecule has 0 aromatic heterocycles. The molecule has 0 amide bonds. The van der Waals surface area contributed by atoms with Gasteiger partial charge in [0.15, 0.2) is 62.9 Å². The Balaban J connectivity index is 0.609. The molecule has 12 fully saturated rings. The predicted octanol–water partition coefficient (Wildman–Crippen LogP) is -3.85. The van der Waals surface area contributed by atoms with Gasteiger partial charge in [-0.3, -0.25) is 0 Å². The average molecular weight is 1960 g/mol. The van der Waals surface area contributed by atoms with Crippen molar-refractivity contribution in [3.63, 3.8) is 0 Å². The average Bonchev–Trinajstić information content (AvgIpc) is 1.55. The molecule has 1 aliphatic carbocycles. The second-order valence-electron chi connectivity index (χ2n) is 41.0. The maximum absolute atomic E-state index is 13.3. The summed E-state index contributed by atoms with van der Waals surface area (Å²) in [5.74, 6) is -9.19. The highest BCUT2D eigenvalue weighted by molar-refractivity contribution is 5.71. The molecule has 12 rings (SSSR count). The van der Waals surface area contributed by atoms with E-state index in [2.05, 4.69) is 27.7 Å². The SMILES string of the molecule is CCC1O[C@@H](O[C@H]2C(CC)O[C@@H](O[C@H]3C(C)C(C)[C@@H](O[C@H]4C(C)C(C)[C@@H](O[C@H]5C(CC)O[C@@H](O[C@@H](CC(=O)[O-])[C@H](C)C6[C@@H](O[C@H]7C(O)C(O)[C@@H](C)O[C@@H]7CC)C6(C)O)C(O)[C@H]5O)O[C@@H]4C(=O)[O-])O[C@@H]3CO)C(C)[C@H]2C)C(C)[C@@H](C)[C@H]1O[C@H]1O[C@H](CC)[C@@H](O[C@H]2O[C@H](CO)[C@@H](O[C@@H]3OC(CO)[C@H](O[C@@H]4OC(CO)[C@H](O[C@@H]5OC(CO)[C@H](O)[C@H](O)C5O)[C@H](O)C4O)[C@H](O)C3O)C(C)C2C)C(C)C1C. The number of aliphatic carboxylic acids is 2. The molecule has 12 aliphatic rings. The van der Waals surface area contributed by atoms with Gasteiger partial charge in [0.25, 0.3) is 0 Å². The molecule has 11 aliphatic heterocycles. The van der Waals surface area contributed by atoms with E-state index < -0.39 is 381 Å². The van der Waals surface area contributed by atoms with Crippen LogP contribution in [0, 0.1) is 82.9 Å². The van der Waals surface area contributed by atoms with Crippen LogP contribution in [0.2, 0.25) is 0 Å². The summed E-state index contributed by atoms with van der Waals surface area (Å²) in [6, 6.07) is 0. The lowest BCUT2D eigenvalue weighted by molar-refractivity contribution is -0.388. The number of hydrogen-bond acceptors (Lipinski definition) is 43. The highest BCUT2D eigenvalue weighted by Gasteiger charge is 2.68. The van der Waals surface area contributed by atoms with Crippen LogP contribution in [-0.4, -0.2) is 414 Å². The minimum Gasteiger partial charge on any atom is -0.550 e. The zero-order valence-corrected chi connectivity index (χ0v) is 81.6. The van der Waals surface area contributed by atoms with E-state index in [1.54, 1.807) is 34.6 Å². The van der Waals surface area contributed by atoms with E-state index in [4.69, 9.17) is 104 Å². The Hall–Kier alpha value is -2.62. The molecule has 17 N–H and O–H groups in total. The summed E-state index contributed by atoms with van der Waals surface area (Å²) in [6.45, 7) is 34.0. The third kappa shape index (κ3) is 23.0. The Morgan fingerprint density at radius 1 is 0.294 bits per heavy atom. The minimum atomic E-state index is -2.04. The second kappa shape index (κ2) is 47.5. The van der Waals surface area contributed by atoms with E-state index in [1.807, 2.05) is 69.2 Å². The Morgan fingerprint density at radius 3 is 0.904 bits per heavy atom. The van der Waals surface area contributed by atoms with Crippen LogP contribution < -0.4 is 10.2 Å². The van der Waals surface area contributed by atoms with Gasteiger partial charge in [0, 0.05) is 53.8 Å². The van der Waals surface area contributed by atoms with Crippen LogP contribution in [0.1, 0.15) is 177 Å². The summed E-state index contributed by atoms with van der Waals surface area (Å²) >= 11 is 0. The van der Waals surface area contributed by atoms with Gasteiger partial charge in [0.2, 0.25) is 0 Å². The quantitative estimate of drug-likeness (QED) is 0.0283. The van der Waals surface area contributed by atoms with Crippen LogP contribution >= 0.6 is 0 Å². The van der Waals surface area contributed by atoms with Gasteiger partial charge in [-0.15, -0.1) is 0 Å². The number of hydrogen-bond donors (Lipinski definition) is 17. The third-order valence-electron chi connectivity index (χ3n) is 32.5. The molecule has 11 heterocycles. The Morgan fingerprint density at radius 2 is 0.544 bits per heavy atom. The summed E-state index contributed by atoms with van der Waals surface area (Å²) in [5.41, 5.74) is -1.57. The van der Waals surface area contributed by atoms with Gasteiger partial charge < -0.3 is 211 Å². The van der Waals surface area contributed by atoms with Crippen molar-refractivity contribution in [2.75, 3.05) is 33.0 Å². The Labute approximate surface area is 794 Å². The van der Waals surface area contributed by atoms with Crippen molar-refractivity contribution in [2.24, 2.45) is 82.9 Å². The van der Waals surface area contributed by atoms with E-state index in [-0.39, 0.29) is 41.9 Å². The topological polar surface area (TPSA) is 627 Å². The lowest BCUT2D eigenvalue weighted by Gasteiger charge is -2.52. The van der Waals surface area contributed by atoms with Gasteiger partial charge in [-0.1, -0.05) is 125 Å². The standard InChI is InChI=1S/C93H160O43/c1-21-46-70(127-84-39(13)33(7)72(48(23-3)117-84)129-86-41(15)36(10)74(54(29-96)122-86)131-91-68(110)64(106)79(55(30-97)124-91)135-92-69(111)65(107)78(56(31-98)125-92)134-90-66(108)61(103)60(102)52(27-94)121-90)32(6)38(12)83(116-46)128-71-34(8)40(14)85(118-47(71)22-2)130-73-35(9)42(16)87(123-53(73)28-95)132-75-37(11)43(17)88(136-80(75)82(112)113)133-77-50(25-5)119-89(67(109)63(77)105)120-51(26-57(99)100)44(18)58-81(93(58,20)114)126-76-49(24-4)115-45(19)59(101)62(76)104/h32-56,58-81,83-92,94-98,101-111,114H,21-31H2,1-20H3,(H,99,100)(H,112,113)/p-2/t32-,33?,34-,35?,36?,37?,38?,39?,40?,41?,42?,43?,44+,45-,46?,47?,48-,49-,50?,51+,52?,53-,54-,55?,56?,58?,59?,60+,61+,62?,63-,64-,65-,66?,67?,68?,69?,70-,71-,72+,73+,74+,75+,76-,77+,78+,79+,80+,81-,83+,84-,85+,86-,87-,88+,89+,90+,91+,92+,93?/m1/s1. The molecule has 24 unspecified atom stereocenters. The maximum atomic E-state index is 13.3. The molecule has 60 atom stereocenters. The molecule has 0 spiro atoms. The van der Waals surface area contributed by atoms with Crippen molar-refractivity contribution in [3.8, 4) is 0 Å². The first kappa shape index (κ1) is 112. The number of rotatable bonds is 37. The summed E-state index contributed by atoms with van der Waals surface area (Å²) in [5, 5.41) is 212. The molecular weight excluding hydrogens is 1800 g/mol. The zero-order chi connectivity index (χ0) is 100. The molecule has 0 bridgehead atoms. The van der Waals surface area contributed by atoms with Crippen LogP contribution in [0.3, 0.4) is 0 Å². The zero-order valence-electron chi connectivity index (χ0n) is 81.6. The summed E-state index contributed by atoms with van der Waals surface area (Å²) in [4.78, 5) is 25.6. The lowest BCUT2D eigenvalue weighted by Crippen LogP contribution is -2.67. The van der Waals surface area contributed by atoms with Gasteiger partial charge in [-0.2, -0.15) is 0 Å². The summed E-state index contributed by atoms with van der Waals surface area (Å²) < 4.78 is 141. The minimum absolute atomic E-state index is 0.121. The van der Waals surface area contributed by atoms with E-state index in [9.17, 15) is 107 Å². The number of aliphatic hydroxyl groups is 17. The summed E-state index contributed by atoms with van der Waals surface area (Å²) in [6.07, 6.45) is -55.4. The number of carboxylic acid groups (broad SMARTS) is 2. The number of carbonyl (C=O) groups is 2. The van der Waals surface area contributed by atoms with Crippen LogP contribution in [0.4, 0.5) is 0 Å². The van der Waals surface area contributed by atoms with Crippen molar-refractivity contribution in [1.29, 1.82) is 0 Å². The molecule has 11 saturated heterocycles. The first-order valence-electron chi connectivity index (χ1n) is 49.3.